The smallest absolute Gasteiger partial charge is 0.237 e. The van der Waals surface area contributed by atoms with Crippen LogP contribution in [0.4, 0.5) is 0 Å². The summed E-state index contributed by atoms with van der Waals surface area (Å²) in [5, 5.41) is 2.98. The van der Waals surface area contributed by atoms with Crippen molar-refractivity contribution in [3.8, 4) is 0 Å². The van der Waals surface area contributed by atoms with Gasteiger partial charge in [-0.3, -0.25) is 9.69 Å². The van der Waals surface area contributed by atoms with Gasteiger partial charge in [0.05, 0.1) is 6.04 Å². The average Bonchev–Trinajstić information content (AvgIpc) is 2.23. The monoisotopic (exact) mass is 226 g/mol. The Hall–Kier alpha value is -0.570. The second-order valence-corrected chi connectivity index (χ2v) is 5.37. The highest BCUT2D eigenvalue weighted by Crippen LogP contribution is 2.22. The molecule has 0 aromatic carbocycles. The van der Waals surface area contributed by atoms with E-state index in [1.807, 2.05) is 6.92 Å². The third-order valence-electron chi connectivity index (χ3n) is 3.37. The van der Waals surface area contributed by atoms with Gasteiger partial charge in [0.15, 0.2) is 0 Å². The summed E-state index contributed by atoms with van der Waals surface area (Å²) >= 11 is 0. The topological polar surface area (TPSA) is 32.3 Å². The lowest BCUT2D eigenvalue weighted by molar-refractivity contribution is -0.126. The van der Waals surface area contributed by atoms with Crippen molar-refractivity contribution < 1.29 is 4.79 Å². The first-order chi connectivity index (χ1) is 7.54. The Morgan fingerprint density at radius 3 is 2.44 bits per heavy atom. The molecule has 0 aromatic rings. The third-order valence-corrected chi connectivity index (χ3v) is 3.37. The number of carbonyl (C=O) groups is 1. The number of hydrogen-bond acceptors (Lipinski definition) is 2. The minimum atomic E-state index is 0.0248. The number of carbonyl (C=O) groups excluding carboxylic acids is 1. The van der Waals surface area contributed by atoms with Crippen LogP contribution in [-0.2, 0) is 4.79 Å². The lowest BCUT2D eigenvalue weighted by atomic mass is 9.91. The molecule has 0 radical (unpaired) electrons. The molecule has 1 amide bonds. The number of hydrogen-bond donors (Lipinski definition) is 1. The molecule has 1 aliphatic rings. The highest BCUT2D eigenvalue weighted by molar-refractivity contribution is 5.81. The fourth-order valence-corrected chi connectivity index (χ4v) is 2.59. The summed E-state index contributed by atoms with van der Waals surface area (Å²) in [6.07, 6.45) is 2.30. The number of nitrogens with one attached hydrogen (secondary N) is 1. The summed E-state index contributed by atoms with van der Waals surface area (Å²) in [5.74, 6) is 1.61. The number of likely N-dealkylation sites (tertiary alicyclic amines) is 1. The highest BCUT2D eigenvalue weighted by atomic mass is 16.2. The van der Waals surface area contributed by atoms with Crippen molar-refractivity contribution in [2.45, 2.75) is 46.6 Å². The van der Waals surface area contributed by atoms with Gasteiger partial charge < -0.3 is 5.32 Å². The number of piperidine rings is 1. The first-order valence-electron chi connectivity index (χ1n) is 6.56. The molecular weight excluding hydrogens is 200 g/mol. The lowest BCUT2D eigenvalue weighted by Gasteiger charge is -2.38. The predicted molar refractivity (Wildman–Crippen MR) is 67.3 cm³/mol. The van der Waals surface area contributed by atoms with Crippen molar-refractivity contribution in [3.05, 3.63) is 0 Å². The molecule has 1 rings (SSSR count). The lowest BCUT2D eigenvalue weighted by Crippen LogP contribution is -2.50. The van der Waals surface area contributed by atoms with Crippen molar-refractivity contribution in [2.24, 2.45) is 11.8 Å². The first-order valence-corrected chi connectivity index (χ1v) is 6.56. The van der Waals surface area contributed by atoms with E-state index in [-0.39, 0.29) is 11.9 Å². The minimum absolute atomic E-state index is 0.0248. The van der Waals surface area contributed by atoms with Crippen molar-refractivity contribution in [1.29, 1.82) is 0 Å². The van der Waals surface area contributed by atoms with Gasteiger partial charge in [-0.1, -0.05) is 20.8 Å². The largest absolute Gasteiger partial charge is 0.355 e. The zero-order valence-electron chi connectivity index (χ0n) is 11.1. The molecule has 3 heteroatoms. The molecule has 16 heavy (non-hydrogen) atoms. The molecule has 1 heterocycles. The van der Waals surface area contributed by atoms with Crippen LogP contribution in [0.3, 0.4) is 0 Å². The van der Waals surface area contributed by atoms with E-state index in [4.69, 9.17) is 0 Å². The molecule has 0 bridgehead atoms. The summed E-state index contributed by atoms with van der Waals surface area (Å²) in [6.45, 7) is 11.6. The quantitative estimate of drug-likeness (QED) is 0.794. The van der Waals surface area contributed by atoms with Crippen LogP contribution in [0.15, 0.2) is 0 Å². The summed E-state index contributed by atoms with van der Waals surface area (Å²) < 4.78 is 0. The number of rotatable bonds is 4. The molecule has 1 saturated heterocycles. The molecule has 1 N–H and O–H groups in total. The summed E-state index contributed by atoms with van der Waals surface area (Å²) in [5.41, 5.74) is 0. The van der Waals surface area contributed by atoms with E-state index in [1.165, 1.54) is 6.42 Å². The van der Waals surface area contributed by atoms with Gasteiger partial charge >= 0.3 is 0 Å². The van der Waals surface area contributed by atoms with E-state index in [2.05, 4.69) is 31.0 Å². The summed E-state index contributed by atoms with van der Waals surface area (Å²) in [6, 6.07) is 0.0248. The van der Waals surface area contributed by atoms with Gasteiger partial charge in [-0.15, -0.1) is 0 Å². The van der Waals surface area contributed by atoms with Crippen LogP contribution >= 0.6 is 0 Å². The Morgan fingerprint density at radius 2 is 1.94 bits per heavy atom. The second kappa shape index (κ2) is 6.24. The molecule has 3 nitrogen and oxygen atoms in total. The van der Waals surface area contributed by atoms with E-state index in [0.29, 0.717) is 11.8 Å². The average molecular weight is 226 g/mol. The Balaban J connectivity index is 2.45. The molecule has 94 valence electrons. The van der Waals surface area contributed by atoms with Crippen molar-refractivity contribution in [1.82, 2.24) is 10.2 Å². The van der Waals surface area contributed by atoms with E-state index < -0.39 is 0 Å². The maximum Gasteiger partial charge on any atom is 0.237 e. The van der Waals surface area contributed by atoms with Crippen LogP contribution in [-0.4, -0.2) is 36.5 Å². The van der Waals surface area contributed by atoms with Gasteiger partial charge in [0.2, 0.25) is 5.91 Å². The number of nitrogens with zero attached hydrogens (tertiary/aromatic N) is 1. The van der Waals surface area contributed by atoms with Crippen LogP contribution in [0.1, 0.15) is 40.5 Å². The molecular formula is C13H26N2O. The van der Waals surface area contributed by atoms with E-state index in [9.17, 15) is 4.79 Å². The van der Waals surface area contributed by atoms with E-state index >= 15 is 0 Å². The van der Waals surface area contributed by atoms with Crippen molar-refractivity contribution in [3.63, 3.8) is 0 Å². The molecule has 0 saturated carbocycles. The SMILES string of the molecule is CCCNC(=O)[C@H](C)N1C[C@H](C)C[C@H](C)C1. The van der Waals surface area contributed by atoms with Crippen LogP contribution in [0.2, 0.25) is 0 Å². The van der Waals surface area contributed by atoms with Crippen molar-refractivity contribution >= 4 is 5.91 Å². The second-order valence-electron chi connectivity index (χ2n) is 5.37. The van der Waals surface area contributed by atoms with Crippen LogP contribution in [0.25, 0.3) is 0 Å². The number of amides is 1. The highest BCUT2D eigenvalue weighted by Gasteiger charge is 2.28. The third kappa shape index (κ3) is 3.78. The molecule has 1 aliphatic heterocycles. The van der Waals surface area contributed by atoms with Crippen LogP contribution in [0, 0.1) is 11.8 Å². The summed E-state index contributed by atoms with van der Waals surface area (Å²) in [7, 11) is 0. The van der Waals surface area contributed by atoms with Crippen molar-refractivity contribution in [2.75, 3.05) is 19.6 Å². The predicted octanol–water partition coefficient (Wildman–Crippen LogP) is 1.88. The zero-order chi connectivity index (χ0) is 12.1. The van der Waals surface area contributed by atoms with Gasteiger partial charge in [0, 0.05) is 19.6 Å². The molecule has 1 fully saturated rings. The molecule has 0 aliphatic carbocycles. The van der Waals surface area contributed by atoms with Gasteiger partial charge in [0.1, 0.15) is 0 Å². The van der Waals surface area contributed by atoms with Gasteiger partial charge in [-0.2, -0.15) is 0 Å². The molecule has 0 aromatic heterocycles. The normalized spacial score (nSPS) is 28.8. The maximum absolute atomic E-state index is 11.9. The molecule has 0 spiro atoms. The summed E-state index contributed by atoms with van der Waals surface area (Å²) in [4.78, 5) is 14.2. The fourth-order valence-electron chi connectivity index (χ4n) is 2.59. The Bertz CT molecular complexity index is 220. The fraction of sp³-hybridized carbons (Fsp3) is 0.923. The van der Waals surface area contributed by atoms with E-state index in [0.717, 1.165) is 26.1 Å². The van der Waals surface area contributed by atoms with Crippen LogP contribution < -0.4 is 5.32 Å². The standard InChI is InChI=1S/C13H26N2O/c1-5-6-14-13(16)12(4)15-8-10(2)7-11(3)9-15/h10-12H,5-9H2,1-4H3,(H,14,16)/t10-,11+,12-/m0/s1. The van der Waals surface area contributed by atoms with Gasteiger partial charge in [-0.25, -0.2) is 0 Å². The van der Waals surface area contributed by atoms with E-state index in [1.54, 1.807) is 0 Å². The Labute approximate surface area is 99.6 Å². The Kier molecular flexibility index (Phi) is 5.26. The molecule has 0 unspecified atom stereocenters. The first kappa shape index (κ1) is 13.5. The molecule has 3 atom stereocenters. The minimum Gasteiger partial charge on any atom is -0.355 e. The van der Waals surface area contributed by atoms with Gasteiger partial charge in [0.25, 0.3) is 0 Å². The van der Waals surface area contributed by atoms with Crippen LogP contribution in [0.5, 0.6) is 0 Å². The Morgan fingerprint density at radius 1 is 1.38 bits per heavy atom. The van der Waals surface area contributed by atoms with Gasteiger partial charge in [-0.05, 0) is 31.6 Å². The zero-order valence-corrected chi connectivity index (χ0v) is 11.1. The maximum atomic E-state index is 11.9.